The minimum Gasteiger partial charge on any atom is -0.383 e. The van der Waals surface area contributed by atoms with Crippen LogP contribution in [0, 0.1) is 5.82 Å². The maximum atomic E-state index is 13.1. The standard InChI is InChI=1S/C16H18FN3O3/c1-19-12-9-20(7-8-23-2)15(21)13(12)14(18-16(19)22)10-3-5-11(17)6-4-10/h3-6,14H,7-9H2,1-2H3,(H,18,22)/t14-/m0/s1. The van der Waals surface area contributed by atoms with Crippen LogP contribution in [-0.2, 0) is 9.53 Å². The van der Waals surface area contributed by atoms with Crippen molar-refractivity contribution < 1.29 is 18.7 Å². The van der Waals surface area contributed by atoms with E-state index in [-0.39, 0.29) is 17.8 Å². The van der Waals surface area contributed by atoms with Gasteiger partial charge in [-0.15, -0.1) is 0 Å². The molecule has 3 rings (SSSR count). The highest BCUT2D eigenvalue weighted by atomic mass is 19.1. The number of nitrogens with one attached hydrogen (secondary N) is 1. The Morgan fingerprint density at radius 1 is 1.30 bits per heavy atom. The van der Waals surface area contributed by atoms with Crippen LogP contribution in [0.1, 0.15) is 11.6 Å². The second-order valence-electron chi connectivity index (χ2n) is 5.57. The third-order valence-electron chi connectivity index (χ3n) is 4.20. The summed E-state index contributed by atoms with van der Waals surface area (Å²) in [5.74, 6) is -0.486. The molecule has 0 unspecified atom stereocenters. The Labute approximate surface area is 133 Å². The molecule has 0 fully saturated rings. The number of amides is 3. The van der Waals surface area contributed by atoms with Gasteiger partial charge in [0.1, 0.15) is 5.82 Å². The summed E-state index contributed by atoms with van der Waals surface area (Å²) in [7, 11) is 3.21. The van der Waals surface area contributed by atoms with Crippen molar-refractivity contribution in [2.45, 2.75) is 6.04 Å². The molecule has 1 aromatic rings. The molecule has 2 heterocycles. The number of hydrogen-bond donors (Lipinski definition) is 1. The largest absolute Gasteiger partial charge is 0.383 e. The molecule has 0 saturated heterocycles. The number of ether oxygens (including phenoxy) is 1. The molecule has 0 saturated carbocycles. The zero-order valence-corrected chi connectivity index (χ0v) is 13.0. The molecule has 2 aliphatic rings. The number of carbonyl (C=O) groups is 2. The first-order chi connectivity index (χ1) is 11.0. The summed E-state index contributed by atoms with van der Waals surface area (Å²) in [4.78, 5) is 28.0. The van der Waals surface area contributed by atoms with Crippen LogP contribution in [0.2, 0.25) is 0 Å². The minimum atomic E-state index is -0.561. The van der Waals surface area contributed by atoms with Crippen molar-refractivity contribution in [2.75, 3.05) is 33.9 Å². The van der Waals surface area contributed by atoms with Gasteiger partial charge in [-0.05, 0) is 17.7 Å². The molecule has 1 aromatic carbocycles. The van der Waals surface area contributed by atoms with Gasteiger partial charge in [-0.3, -0.25) is 9.69 Å². The SMILES string of the molecule is COCCN1CC2=C(C1=O)[C@H](c1ccc(F)cc1)NC(=O)N2C. The van der Waals surface area contributed by atoms with Crippen molar-refractivity contribution >= 4 is 11.9 Å². The van der Waals surface area contributed by atoms with Crippen molar-refractivity contribution in [1.82, 2.24) is 15.1 Å². The number of halogens is 1. The molecule has 3 amide bonds. The van der Waals surface area contributed by atoms with E-state index in [1.165, 1.54) is 17.0 Å². The van der Waals surface area contributed by atoms with Crippen molar-refractivity contribution in [2.24, 2.45) is 0 Å². The molecule has 0 bridgehead atoms. The van der Waals surface area contributed by atoms with Gasteiger partial charge in [-0.25, -0.2) is 9.18 Å². The minimum absolute atomic E-state index is 0.127. The molecular weight excluding hydrogens is 301 g/mol. The zero-order valence-electron chi connectivity index (χ0n) is 13.0. The van der Waals surface area contributed by atoms with Gasteiger partial charge in [-0.2, -0.15) is 0 Å². The van der Waals surface area contributed by atoms with Gasteiger partial charge >= 0.3 is 6.03 Å². The highest BCUT2D eigenvalue weighted by Gasteiger charge is 2.42. The number of hydrogen-bond acceptors (Lipinski definition) is 3. The van der Waals surface area contributed by atoms with Crippen LogP contribution in [0.15, 0.2) is 35.5 Å². The van der Waals surface area contributed by atoms with E-state index in [1.54, 1.807) is 31.2 Å². The Bertz CT molecular complexity index is 672. The third-order valence-corrected chi connectivity index (χ3v) is 4.20. The lowest BCUT2D eigenvalue weighted by Gasteiger charge is -2.31. The highest BCUT2D eigenvalue weighted by Crippen LogP contribution is 2.35. The molecule has 0 aliphatic carbocycles. The average molecular weight is 319 g/mol. The Kier molecular flexibility index (Phi) is 4.04. The van der Waals surface area contributed by atoms with E-state index in [0.29, 0.717) is 36.5 Å². The maximum absolute atomic E-state index is 13.1. The van der Waals surface area contributed by atoms with Crippen LogP contribution in [-0.4, -0.2) is 55.6 Å². The molecule has 6 nitrogen and oxygen atoms in total. The van der Waals surface area contributed by atoms with E-state index in [0.717, 1.165) is 0 Å². The number of methoxy groups -OCH3 is 1. The van der Waals surface area contributed by atoms with Crippen LogP contribution in [0.4, 0.5) is 9.18 Å². The van der Waals surface area contributed by atoms with Crippen LogP contribution in [0.3, 0.4) is 0 Å². The van der Waals surface area contributed by atoms with Crippen LogP contribution >= 0.6 is 0 Å². The summed E-state index contributed by atoms with van der Waals surface area (Å²) >= 11 is 0. The topological polar surface area (TPSA) is 61.9 Å². The number of carbonyl (C=O) groups excluding carboxylic acids is 2. The molecule has 2 aliphatic heterocycles. The average Bonchev–Trinajstić information content (AvgIpc) is 2.87. The fourth-order valence-electron chi connectivity index (χ4n) is 2.91. The van der Waals surface area contributed by atoms with Gasteiger partial charge < -0.3 is 15.0 Å². The first-order valence-corrected chi connectivity index (χ1v) is 7.34. The quantitative estimate of drug-likeness (QED) is 0.909. The Morgan fingerprint density at radius 2 is 2.00 bits per heavy atom. The normalized spacial score (nSPS) is 20.9. The molecule has 1 N–H and O–H groups in total. The first-order valence-electron chi connectivity index (χ1n) is 7.34. The molecule has 122 valence electrons. The van der Waals surface area contributed by atoms with Crippen LogP contribution < -0.4 is 5.32 Å². The molecular formula is C16H18FN3O3. The van der Waals surface area contributed by atoms with Gasteiger partial charge in [0.15, 0.2) is 0 Å². The highest BCUT2D eigenvalue weighted by molar-refractivity contribution is 6.01. The Hall–Kier alpha value is -2.41. The van der Waals surface area contributed by atoms with Crippen molar-refractivity contribution in [3.05, 3.63) is 46.9 Å². The maximum Gasteiger partial charge on any atom is 0.322 e. The predicted octanol–water partition coefficient (Wildman–Crippen LogP) is 1.26. The van der Waals surface area contributed by atoms with Gasteiger partial charge in [0.05, 0.1) is 30.5 Å². The number of urea groups is 1. The molecule has 7 heteroatoms. The van der Waals surface area contributed by atoms with Crippen molar-refractivity contribution in [1.29, 1.82) is 0 Å². The summed E-state index contributed by atoms with van der Waals surface area (Å²) in [6.07, 6.45) is 0. The fourth-order valence-corrected chi connectivity index (χ4v) is 2.91. The lowest BCUT2D eigenvalue weighted by Crippen LogP contribution is -2.45. The van der Waals surface area contributed by atoms with Crippen molar-refractivity contribution in [3.63, 3.8) is 0 Å². The third kappa shape index (κ3) is 2.68. The van der Waals surface area contributed by atoms with E-state index < -0.39 is 6.04 Å². The Morgan fingerprint density at radius 3 is 2.65 bits per heavy atom. The zero-order chi connectivity index (χ0) is 16.6. The summed E-state index contributed by atoms with van der Waals surface area (Å²) in [6.45, 7) is 1.26. The molecule has 23 heavy (non-hydrogen) atoms. The lowest BCUT2D eigenvalue weighted by molar-refractivity contribution is -0.126. The lowest BCUT2D eigenvalue weighted by atomic mass is 9.96. The van der Waals surface area contributed by atoms with E-state index >= 15 is 0 Å². The van der Waals surface area contributed by atoms with Crippen LogP contribution in [0.5, 0.6) is 0 Å². The number of rotatable bonds is 4. The Balaban J connectivity index is 1.96. The number of nitrogens with zero attached hydrogens (tertiary/aromatic N) is 2. The van der Waals surface area contributed by atoms with Gasteiger partial charge in [0.2, 0.25) is 0 Å². The van der Waals surface area contributed by atoms with Gasteiger partial charge in [0.25, 0.3) is 5.91 Å². The molecule has 1 atom stereocenters. The summed E-state index contributed by atoms with van der Waals surface area (Å²) in [6, 6.07) is 4.97. The summed E-state index contributed by atoms with van der Waals surface area (Å²) < 4.78 is 18.2. The monoisotopic (exact) mass is 319 g/mol. The second kappa shape index (κ2) is 6.00. The van der Waals surface area contributed by atoms with E-state index in [4.69, 9.17) is 4.74 Å². The summed E-state index contributed by atoms with van der Waals surface area (Å²) in [5.41, 5.74) is 1.90. The van der Waals surface area contributed by atoms with Gasteiger partial charge in [-0.1, -0.05) is 12.1 Å². The first kappa shape index (κ1) is 15.5. The molecule has 0 aromatic heterocycles. The number of likely N-dealkylation sites (N-methyl/N-ethyl adjacent to an activating group) is 1. The van der Waals surface area contributed by atoms with Crippen LogP contribution in [0.25, 0.3) is 0 Å². The van der Waals surface area contributed by atoms with Gasteiger partial charge in [0, 0.05) is 20.7 Å². The van der Waals surface area contributed by atoms with E-state index in [1.807, 2.05) is 0 Å². The smallest absolute Gasteiger partial charge is 0.322 e. The number of benzene rings is 1. The second-order valence-corrected chi connectivity index (χ2v) is 5.57. The fraction of sp³-hybridized carbons (Fsp3) is 0.375. The molecule has 0 spiro atoms. The predicted molar refractivity (Wildman–Crippen MR) is 80.9 cm³/mol. The van der Waals surface area contributed by atoms with E-state index in [2.05, 4.69) is 5.32 Å². The molecule has 0 radical (unpaired) electrons. The van der Waals surface area contributed by atoms with Crippen molar-refractivity contribution in [3.8, 4) is 0 Å². The summed E-state index contributed by atoms with van der Waals surface area (Å²) in [5, 5.41) is 2.81. The van der Waals surface area contributed by atoms with E-state index in [9.17, 15) is 14.0 Å².